The van der Waals surface area contributed by atoms with Crippen LogP contribution in [0.5, 0.6) is 0 Å². The number of aliphatic hydroxyl groups is 2. The number of rotatable bonds is 4. The number of Topliss-reactive ketones (excluding diaryl/α,β-unsaturated/α-hetero) is 1. The van der Waals surface area contributed by atoms with Crippen molar-refractivity contribution < 1.29 is 29.3 Å². The predicted molar refractivity (Wildman–Crippen MR) is 55.0 cm³/mol. The first-order valence-electron chi connectivity index (χ1n) is 4.74. The zero-order valence-electron chi connectivity index (χ0n) is 8.92. The largest absolute Gasteiger partial charge is 0.479 e. The number of carboxylic acid groups (broad SMARTS) is 1. The molecule has 0 spiro atoms. The Labute approximate surface area is 96.1 Å². The third-order valence-electron chi connectivity index (χ3n) is 2.27. The van der Waals surface area contributed by atoms with Crippen LogP contribution in [0.1, 0.15) is 28.9 Å². The number of hydrogen-bond donors (Lipinski definition) is 3. The monoisotopic (exact) mass is 242 g/mol. The Morgan fingerprint density at radius 1 is 1.29 bits per heavy atom. The number of hydrogen-bond acceptors (Lipinski definition) is 4. The summed E-state index contributed by atoms with van der Waals surface area (Å²) in [4.78, 5) is 21.7. The summed E-state index contributed by atoms with van der Waals surface area (Å²) in [5.74, 6) is -2.84. The van der Waals surface area contributed by atoms with Crippen LogP contribution < -0.4 is 0 Å². The quantitative estimate of drug-likeness (QED) is 0.668. The van der Waals surface area contributed by atoms with Crippen LogP contribution in [-0.2, 0) is 4.79 Å². The first-order valence-corrected chi connectivity index (χ1v) is 4.74. The van der Waals surface area contributed by atoms with Crippen molar-refractivity contribution in [2.24, 2.45) is 0 Å². The van der Waals surface area contributed by atoms with Crippen molar-refractivity contribution in [1.82, 2.24) is 0 Å². The molecule has 1 aromatic carbocycles. The van der Waals surface area contributed by atoms with E-state index < -0.39 is 29.8 Å². The summed E-state index contributed by atoms with van der Waals surface area (Å²) in [5.41, 5.74) is -0.272. The minimum atomic E-state index is -2.07. The standard InChI is InChI=1S/C11H11FO5/c1-5(13)8-4-6(12)2-3-7(8)9(14)10(15)11(16)17/h2-4,9-10,14-15H,1H3,(H,16,17). The van der Waals surface area contributed by atoms with E-state index in [1.54, 1.807) is 0 Å². The minimum absolute atomic E-state index is 0.117. The Morgan fingerprint density at radius 2 is 1.88 bits per heavy atom. The lowest BCUT2D eigenvalue weighted by atomic mass is 9.96. The van der Waals surface area contributed by atoms with Gasteiger partial charge in [-0.2, -0.15) is 0 Å². The molecule has 0 bridgehead atoms. The lowest BCUT2D eigenvalue weighted by molar-refractivity contribution is -0.153. The van der Waals surface area contributed by atoms with Gasteiger partial charge in [-0.25, -0.2) is 9.18 Å². The average Bonchev–Trinajstić information content (AvgIpc) is 2.26. The van der Waals surface area contributed by atoms with Crippen molar-refractivity contribution in [3.63, 3.8) is 0 Å². The highest BCUT2D eigenvalue weighted by molar-refractivity contribution is 5.95. The van der Waals surface area contributed by atoms with E-state index in [0.717, 1.165) is 25.1 Å². The Morgan fingerprint density at radius 3 is 2.35 bits per heavy atom. The van der Waals surface area contributed by atoms with Crippen molar-refractivity contribution >= 4 is 11.8 Å². The molecule has 5 nitrogen and oxygen atoms in total. The number of halogens is 1. The van der Waals surface area contributed by atoms with E-state index in [2.05, 4.69) is 0 Å². The number of carboxylic acids is 1. The maximum Gasteiger partial charge on any atom is 0.335 e. The highest BCUT2D eigenvalue weighted by Gasteiger charge is 2.28. The molecule has 1 rings (SSSR count). The van der Waals surface area contributed by atoms with Crippen molar-refractivity contribution in [3.05, 3.63) is 35.1 Å². The smallest absolute Gasteiger partial charge is 0.335 e. The van der Waals surface area contributed by atoms with E-state index in [1.165, 1.54) is 0 Å². The molecule has 0 saturated carbocycles. The summed E-state index contributed by atoms with van der Waals surface area (Å²) in [7, 11) is 0. The molecule has 6 heteroatoms. The lowest BCUT2D eigenvalue weighted by Gasteiger charge is -2.16. The average molecular weight is 242 g/mol. The van der Waals surface area contributed by atoms with E-state index in [4.69, 9.17) is 10.2 Å². The topological polar surface area (TPSA) is 94.8 Å². The molecular weight excluding hydrogens is 231 g/mol. The second-order valence-corrected chi connectivity index (χ2v) is 3.52. The molecule has 0 aliphatic heterocycles. The van der Waals surface area contributed by atoms with Gasteiger partial charge in [-0.05, 0) is 24.6 Å². The highest BCUT2D eigenvalue weighted by Crippen LogP contribution is 2.23. The Bertz CT molecular complexity index is 457. The second kappa shape index (κ2) is 5.03. The molecule has 1 aromatic rings. The molecule has 0 aliphatic rings. The molecule has 3 N–H and O–H groups in total. The van der Waals surface area contributed by atoms with E-state index in [0.29, 0.717) is 0 Å². The summed E-state index contributed by atoms with van der Waals surface area (Å²) in [6.45, 7) is 1.15. The van der Waals surface area contributed by atoms with Crippen molar-refractivity contribution in [1.29, 1.82) is 0 Å². The van der Waals surface area contributed by atoms with Gasteiger partial charge in [0.05, 0.1) is 0 Å². The van der Waals surface area contributed by atoms with Gasteiger partial charge in [-0.3, -0.25) is 4.79 Å². The van der Waals surface area contributed by atoms with Crippen LogP contribution in [0.3, 0.4) is 0 Å². The summed E-state index contributed by atoms with van der Waals surface area (Å²) in [6, 6.07) is 2.93. The summed E-state index contributed by atoms with van der Waals surface area (Å²) in [6.07, 6.45) is -3.86. The number of benzene rings is 1. The van der Waals surface area contributed by atoms with Crippen LogP contribution >= 0.6 is 0 Å². The van der Waals surface area contributed by atoms with E-state index >= 15 is 0 Å². The van der Waals surface area contributed by atoms with E-state index in [1.807, 2.05) is 0 Å². The number of ketones is 1. The minimum Gasteiger partial charge on any atom is -0.479 e. The molecule has 92 valence electrons. The van der Waals surface area contributed by atoms with E-state index in [-0.39, 0.29) is 11.1 Å². The third kappa shape index (κ3) is 2.86. The normalized spacial score (nSPS) is 14.1. The third-order valence-corrected chi connectivity index (χ3v) is 2.27. The molecule has 0 saturated heterocycles. The lowest BCUT2D eigenvalue weighted by Crippen LogP contribution is -2.28. The maximum absolute atomic E-state index is 12.9. The second-order valence-electron chi connectivity index (χ2n) is 3.52. The van der Waals surface area contributed by atoms with Crippen molar-refractivity contribution in [2.75, 3.05) is 0 Å². The molecule has 0 amide bonds. The van der Waals surface area contributed by atoms with Gasteiger partial charge in [-0.15, -0.1) is 0 Å². The van der Waals surface area contributed by atoms with Gasteiger partial charge in [0.2, 0.25) is 0 Å². The SMILES string of the molecule is CC(=O)c1cc(F)ccc1C(O)C(O)C(=O)O. The van der Waals surface area contributed by atoms with Crippen LogP contribution in [0.4, 0.5) is 4.39 Å². The number of carbonyl (C=O) groups excluding carboxylic acids is 1. The fourth-order valence-corrected chi connectivity index (χ4v) is 1.40. The number of aliphatic hydroxyl groups excluding tert-OH is 2. The van der Waals surface area contributed by atoms with Crippen LogP contribution in [0, 0.1) is 5.82 Å². The number of carbonyl (C=O) groups is 2. The Kier molecular flexibility index (Phi) is 3.93. The molecule has 0 aromatic heterocycles. The molecule has 2 atom stereocenters. The van der Waals surface area contributed by atoms with Gasteiger partial charge >= 0.3 is 5.97 Å². The van der Waals surface area contributed by atoms with Crippen LogP contribution in [-0.4, -0.2) is 33.2 Å². The van der Waals surface area contributed by atoms with Gasteiger partial charge in [-0.1, -0.05) is 6.07 Å². The van der Waals surface area contributed by atoms with Crippen LogP contribution in [0.15, 0.2) is 18.2 Å². The first kappa shape index (κ1) is 13.3. The Hall–Kier alpha value is -1.79. The summed E-state index contributed by atoms with van der Waals surface area (Å²) in [5, 5.41) is 27.3. The highest BCUT2D eigenvalue weighted by atomic mass is 19.1. The molecule has 0 aliphatic carbocycles. The zero-order chi connectivity index (χ0) is 13.2. The molecule has 17 heavy (non-hydrogen) atoms. The van der Waals surface area contributed by atoms with Gasteiger partial charge in [0.15, 0.2) is 11.9 Å². The predicted octanol–water partition coefficient (Wildman–Crippen LogP) is 0.507. The fourth-order valence-electron chi connectivity index (χ4n) is 1.40. The zero-order valence-corrected chi connectivity index (χ0v) is 8.92. The summed E-state index contributed by atoms with van der Waals surface area (Å²) >= 11 is 0. The molecule has 0 heterocycles. The molecule has 2 unspecified atom stereocenters. The Balaban J connectivity index is 3.21. The van der Waals surface area contributed by atoms with Gasteiger partial charge in [0, 0.05) is 5.56 Å². The van der Waals surface area contributed by atoms with Crippen molar-refractivity contribution in [2.45, 2.75) is 19.1 Å². The maximum atomic E-state index is 12.9. The molecule has 0 fully saturated rings. The van der Waals surface area contributed by atoms with E-state index in [9.17, 15) is 19.1 Å². The molecular formula is C11H11FO5. The van der Waals surface area contributed by atoms with Gasteiger partial charge in [0.25, 0.3) is 0 Å². The van der Waals surface area contributed by atoms with Gasteiger partial charge in [0.1, 0.15) is 11.9 Å². The molecule has 0 radical (unpaired) electrons. The first-order chi connectivity index (χ1) is 7.84. The summed E-state index contributed by atoms with van der Waals surface area (Å²) < 4.78 is 12.9. The number of aliphatic carboxylic acids is 1. The van der Waals surface area contributed by atoms with Gasteiger partial charge < -0.3 is 15.3 Å². The van der Waals surface area contributed by atoms with Crippen molar-refractivity contribution in [3.8, 4) is 0 Å². The van der Waals surface area contributed by atoms with Crippen LogP contribution in [0.2, 0.25) is 0 Å². The van der Waals surface area contributed by atoms with Crippen LogP contribution in [0.25, 0.3) is 0 Å². The fraction of sp³-hybridized carbons (Fsp3) is 0.273.